The van der Waals surface area contributed by atoms with E-state index in [0.717, 1.165) is 12.6 Å². The number of benzene rings is 1. The SMILES string of the molecule is Cc1nn(C)c2nc(OCCCN(C)C)c(C(=O)NC(=O)Nc3ccc(F)c(C(F)(F)F)c3)cc12.Cl. The van der Waals surface area contributed by atoms with Crippen molar-refractivity contribution in [3.05, 3.63) is 46.9 Å². The fourth-order valence-electron chi connectivity index (χ4n) is 3.30. The standard InChI is InChI=1S/C22H24F4N6O3.ClH/c1-12-14-11-15(20(28-18(14)32(4)30-12)35-9-5-8-31(2)3)19(33)29-21(34)27-13-6-7-17(23)16(10-13)22(24,25)26;/h6-7,10-11H,5,8-9H2,1-4H3,(H2,27,29,33,34);1H. The van der Waals surface area contributed by atoms with Gasteiger partial charge < -0.3 is 15.0 Å². The zero-order chi connectivity index (χ0) is 25.9. The van der Waals surface area contributed by atoms with Crippen LogP contribution in [-0.4, -0.2) is 58.8 Å². The van der Waals surface area contributed by atoms with Crippen molar-refractivity contribution >= 4 is 41.1 Å². The summed E-state index contributed by atoms with van der Waals surface area (Å²) in [6, 6.07) is 2.32. The van der Waals surface area contributed by atoms with Gasteiger partial charge in [-0.25, -0.2) is 9.18 Å². The number of alkyl halides is 3. The Balaban J connectivity index is 0.00000456. The third-order valence-electron chi connectivity index (χ3n) is 4.95. The van der Waals surface area contributed by atoms with E-state index >= 15 is 0 Å². The molecule has 0 bridgehead atoms. The Morgan fingerprint density at radius 1 is 1.19 bits per heavy atom. The van der Waals surface area contributed by atoms with Crippen LogP contribution in [0.15, 0.2) is 24.3 Å². The molecule has 14 heteroatoms. The minimum absolute atomic E-state index is 0. The number of carbonyl (C=O) groups excluding carboxylic acids is 2. The summed E-state index contributed by atoms with van der Waals surface area (Å²) in [4.78, 5) is 31.5. The van der Waals surface area contributed by atoms with Crippen molar-refractivity contribution in [2.24, 2.45) is 7.05 Å². The van der Waals surface area contributed by atoms with Gasteiger partial charge >= 0.3 is 12.2 Å². The van der Waals surface area contributed by atoms with Crippen LogP contribution in [0.4, 0.5) is 28.0 Å². The van der Waals surface area contributed by atoms with Crippen molar-refractivity contribution in [3.63, 3.8) is 0 Å². The Morgan fingerprint density at radius 2 is 1.89 bits per heavy atom. The molecule has 2 N–H and O–H groups in total. The van der Waals surface area contributed by atoms with Gasteiger partial charge in [-0.2, -0.15) is 23.3 Å². The first-order valence-corrected chi connectivity index (χ1v) is 10.5. The largest absolute Gasteiger partial charge is 0.477 e. The summed E-state index contributed by atoms with van der Waals surface area (Å²) < 4.78 is 59.5. The Bertz CT molecular complexity index is 1260. The number of nitrogens with one attached hydrogen (secondary N) is 2. The second kappa shape index (κ2) is 11.5. The number of pyridine rings is 1. The lowest BCUT2D eigenvalue weighted by atomic mass is 10.1. The predicted molar refractivity (Wildman–Crippen MR) is 127 cm³/mol. The first kappa shape index (κ1) is 28.8. The molecule has 2 heterocycles. The van der Waals surface area contributed by atoms with Crippen molar-refractivity contribution in [2.45, 2.75) is 19.5 Å². The van der Waals surface area contributed by atoms with Gasteiger partial charge in [0, 0.05) is 24.7 Å². The summed E-state index contributed by atoms with van der Waals surface area (Å²) in [5.74, 6) is -2.39. The highest BCUT2D eigenvalue weighted by Gasteiger charge is 2.34. The zero-order valence-corrected chi connectivity index (χ0v) is 20.7. The van der Waals surface area contributed by atoms with Crippen molar-refractivity contribution in [2.75, 3.05) is 32.6 Å². The molecule has 0 spiro atoms. The van der Waals surface area contributed by atoms with Gasteiger partial charge in [0.15, 0.2) is 5.65 Å². The summed E-state index contributed by atoms with van der Waals surface area (Å²) in [6.45, 7) is 2.70. The second-order valence-electron chi connectivity index (χ2n) is 8.03. The van der Waals surface area contributed by atoms with Gasteiger partial charge in [0.05, 0.1) is 17.9 Å². The summed E-state index contributed by atoms with van der Waals surface area (Å²) in [7, 11) is 5.49. The van der Waals surface area contributed by atoms with Gasteiger partial charge in [-0.3, -0.25) is 14.8 Å². The van der Waals surface area contributed by atoms with Crippen LogP contribution in [0.25, 0.3) is 11.0 Å². The number of nitrogens with zero attached hydrogens (tertiary/aromatic N) is 4. The molecule has 2 aromatic heterocycles. The molecule has 3 amide bonds. The minimum Gasteiger partial charge on any atom is -0.477 e. The van der Waals surface area contributed by atoms with Crippen molar-refractivity contribution in [1.29, 1.82) is 0 Å². The van der Waals surface area contributed by atoms with Crippen LogP contribution in [0, 0.1) is 12.7 Å². The van der Waals surface area contributed by atoms with E-state index in [0.29, 0.717) is 35.3 Å². The zero-order valence-electron chi connectivity index (χ0n) is 19.9. The van der Waals surface area contributed by atoms with Gasteiger partial charge in [-0.15, -0.1) is 12.4 Å². The lowest BCUT2D eigenvalue weighted by molar-refractivity contribution is -0.139. The number of aryl methyl sites for hydroxylation is 2. The molecule has 0 aliphatic heterocycles. The van der Waals surface area contributed by atoms with E-state index in [1.54, 1.807) is 14.0 Å². The number of rotatable bonds is 7. The van der Waals surface area contributed by atoms with Gasteiger partial charge in [0.25, 0.3) is 5.91 Å². The van der Waals surface area contributed by atoms with E-state index in [2.05, 4.69) is 15.4 Å². The normalized spacial score (nSPS) is 11.4. The molecule has 196 valence electrons. The third-order valence-corrected chi connectivity index (χ3v) is 4.95. The number of anilines is 1. The fraction of sp³-hybridized carbons (Fsp3) is 0.364. The van der Waals surface area contributed by atoms with Crippen molar-refractivity contribution in [3.8, 4) is 5.88 Å². The molecule has 0 unspecified atom stereocenters. The van der Waals surface area contributed by atoms with E-state index in [-0.39, 0.29) is 36.1 Å². The second-order valence-corrected chi connectivity index (χ2v) is 8.03. The van der Waals surface area contributed by atoms with Gasteiger partial charge in [-0.05, 0) is 51.7 Å². The summed E-state index contributed by atoms with van der Waals surface area (Å²) in [5, 5.41) is 8.96. The quantitative estimate of drug-likeness (QED) is 0.350. The molecule has 36 heavy (non-hydrogen) atoms. The van der Waals surface area contributed by atoms with Gasteiger partial charge in [0.1, 0.15) is 11.4 Å². The molecule has 0 saturated heterocycles. The number of imide groups is 1. The molecule has 0 aliphatic carbocycles. The fourth-order valence-corrected chi connectivity index (χ4v) is 3.30. The molecular weight excluding hydrogens is 508 g/mol. The third kappa shape index (κ3) is 6.82. The topological polar surface area (TPSA) is 101 Å². The van der Waals surface area contributed by atoms with Gasteiger partial charge in [0.2, 0.25) is 5.88 Å². The van der Waals surface area contributed by atoms with Crippen LogP contribution in [0.5, 0.6) is 5.88 Å². The smallest absolute Gasteiger partial charge is 0.419 e. The number of ether oxygens (including phenoxy) is 1. The van der Waals surface area contributed by atoms with E-state index < -0.39 is 29.5 Å². The van der Waals surface area contributed by atoms with Crippen LogP contribution in [0.3, 0.4) is 0 Å². The maximum atomic E-state index is 13.5. The predicted octanol–water partition coefficient (Wildman–Crippen LogP) is 4.15. The van der Waals surface area contributed by atoms with Crippen LogP contribution >= 0.6 is 12.4 Å². The molecule has 3 rings (SSSR count). The molecule has 1 aromatic carbocycles. The van der Waals surface area contributed by atoms with E-state index in [9.17, 15) is 27.2 Å². The number of amides is 3. The molecule has 0 saturated carbocycles. The average molecular weight is 533 g/mol. The highest BCUT2D eigenvalue weighted by Crippen LogP contribution is 2.33. The minimum atomic E-state index is -4.95. The Labute approximate surface area is 210 Å². The summed E-state index contributed by atoms with van der Waals surface area (Å²) >= 11 is 0. The molecule has 0 fully saturated rings. The number of aromatic nitrogens is 3. The number of carbonyl (C=O) groups is 2. The lowest BCUT2D eigenvalue weighted by Gasteiger charge is -2.14. The lowest BCUT2D eigenvalue weighted by Crippen LogP contribution is -2.34. The highest BCUT2D eigenvalue weighted by atomic mass is 35.5. The van der Waals surface area contributed by atoms with Crippen LogP contribution in [0.1, 0.15) is 28.0 Å². The summed E-state index contributed by atoms with van der Waals surface area (Å²) in [6.07, 6.45) is -4.31. The molecule has 9 nitrogen and oxygen atoms in total. The van der Waals surface area contributed by atoms with Crippen LogP contribution in [-0.2, 0) is 13.2 Å². The average Bonchev–Trinajstić information content (AvgIpc) is 3.03. The first-order valence-electron chi connectivity index (χ1n) is 10.5. The number of hydrogen-bond donors (Lipinski definition) is 2. The number of halogens is 5. The van der Waals surface area contributed by atoms with Crippen molar-refractivity contribution in [1.82, 2.24) is 25.0 Å². The number of urea groups is 1. The highest BCUT2D eigenvalue weighted by molar-refractivity contribution is 6.10. The molecule has 0 aliphatic rings. The molecule has 0 radical (unpaired) electrons. The maximum Gasteiger partial charge on any atom is 0.419 e. The Hall–Kier alpha value is -3.45. The maximum absolute atomic E-state index is 13.5. The molecule has 3 aromatic rings. The number of fused-ring (bicyclic) bond motifs is 1. The molecular formula is C22H25ClF4N6O3. The summed E-state index contributed by atoms with van der Waals surface area (Å²) in [5.41, 5.74) is -0.878. The van der Waals surface area contributed by atoms with Gasteiger partial charge in [-0.1, -0.05) is 0 Å². The monoisotopic (exact) mass is 532 g/mol. The Kier molecular flexibility index (Phi) is 9.21. The van der Waals surface area contributed by atoms with Crippen LogP contribution in [0.2, 0.25) is 0 Å². The molecule has 0 atom stereocenters. The Morgan fingerprint density at radius 3 is 2.53 bits per heavy atom. The van der Waals surface area contributed by atoms with E-state index in [4.69, 9.17) is 4.74 Å². The number of hydrogen-bond acceptors (Lipinski definition) is 6. The van der Waals surface area contributed by atoms with E-state index in [1.165, 1.54) is 10.7 Å². The van der Waals surface area contributed by atoms with E-state index in [1.807, 2.05) is 24.3 Å². The van der Waals surface area contributed by atoms with Crippen LogP contribution < -0.4 is 15.4 Å². The van der Waals surface area contributed by atoms with Crippen molar-refractivity contribution < 1.29 is 31.9 Å². The first-order chi connectivity index (χ1) is 16.4.